The van der Waals surface area contributed by atoms with Crippen molar-refractivity contribution in [2.75, 3.05) is 7.05 Å². The Morgan fingerprint density at radius 1 is 1.07 bits per heavy atom. The maximum Gasteiger partial charge on any atom is 0.281 e. The summed E-state index contributed by atoms with van der Waals surface area (Å²) in [5, 5.41) is 19.5. The average Bonchev–Trinajstić information content (AvgIpc) is 3.33. The molecule has 0 aliphatic rings. The lowest BCUT2D eigenvalue weighted by Crippen LogP contribution is -2.18. The van der Waals surface area contributed by atoms with Crippen molar-refractivity contribution in [1.82, 2.24) is 10.7 Å². The lowest BCUT2D eigenvalue weighted by molar-refractivity contribution is 0.0955. The molecular formula is C19H16ClN3O3S2. The second-order valence-electron chi connectivity index (χ2n) is 5.72. The molecule has 0 saturated carbocycles. The lowest BCUT2D eigenvalue weighted by atomic mass is 10.1. The molecule has 2 heterocycles. The molecule has 0 saturated heterocycles. The Hall–Kier alpha value is -2.68. The minimum atomic E-state index is -0.424. The first-order chi connectivity index (χ1) is 13.4. The summed E-state index contributed by atoms with van der Waals surface area (Å²) in [6.45, 7) is 1.69. The summed E-state index contributed by atoms with van der Waals surface area (Å²) in [5.74, 6) is -0.574. The monoisotopic (exact) mass is 433 g/mol. The molecule has 9 heteroatoms. The van der Waals surface area contributed by atoms with Gasteiger partial charge >= 0.3 is 0 Å². The Labute approximate surface area is 174 Å². The quantitative estimate of drug-likeness (QED) is 0.412. The largest absolute Gasteiger partial charge is 0.506 e. The highest BCUT2D eigenvalue weighted by Crippen LogP contribution is 2.39. The number of amides is 2. The van der Waals surface area contributed by atoms with Gasteiger partial charge in [-0.3, -0.25) is 9.59 Å². The molecular weight excluding hydrogens is 418 g/mol. The fraction of sp³-hybridized carbons (Fsp3) is 0.105. The van der Waals surface area contributed by atoms with E-state index in [1.807, 2.05) is 12.1 Å². The van der Waals surface area contributed by atoms with E-state index in [-0.39, 0.29) is 11.7 Å². The van der Waals surface area contributed by atoms with Gasteiger partial charge in [0.2, 0.25) is 0 Å². The highest BCUT2D eigenvalue weighted by Gasteiger charge is 2.16. The van der Waals surface area contributed by atoms with Crippen molar-refractivity contribution in [3.63, 3.8) is 0 Å². The molecule has 0 radical (unpaired) electrons. The summed E-state index contributed by atoms with van der Waals surface area (Å²) in [6.07, 6.45) is 0. The fourth-order valence-corrected chi connectivity index (χ4v) is 4.35. The summed E-state index contributed by atoms with van der Waals surface area (Å²) in [5.41, 5.74) is 4.30. The van der Waals surface area contributed by atoms with Crippen molar-refractivity contribution in [2.24, 2.45) is 5.10 Å². The second kappa shape index (κ2) is 8.55. The third kappa shape index (κ3) is 4.24. The average molecular weight is 434 g/mol. The van der Waals surface area contributed by atoms with Crippen LogP contribution in [0.15, 0.2) is 46.9 Å². The number of hydrogen-bond acceptors (Lipinski definition) is 6. The molecule has 0 aliphatic carbocycles. The zero-order valence-electron chi connectivity index (χ0n) is 14.9. The number of benzene rings is 1. The first-order valence-electron chi connectivity index (χ1n) is 8.14. The first-order valence-corrected chi connectivity index (χ1v) is 10.2. The van der Waals surface area contributed by atoms with E-state index in [2.05, 4.69) is 15.8 Å². The maximum atomic E-state index is 12.2. The van der Waals surface area contributed by atoms with Gasteiger partial charge in [-0.2, -0.15) is 5.10 Å². The Kier molecular flexibility index (Phi) is 6.13. The fourth-order valence-electron chi connectivity index (χ4n) is 2.37. The van der Waals surface area contributed by atoms with Gasteiger partial charge in [-0.05, 0) is 36.8 Å². The van der Waals surface area contributed by atoms with E-state index in [0.717, 1.165) is 16.9 Å². The Morgan fingerprint density at radius 3 is 2.36 bits per heavy atom. The van der Waals surface area contributed by atoms with Crippen molar-refractivity contribution in [3.05, 3.63) is 62.1 Å². The van der Waals surface area contributed by atoms with Crippen LogP contribution in [0.2, 0.25) is 5.02 Å². The van der Waals surface area contributed by atoms with Crippen LogP contribution in [0, 0.1) is 0 Å². The number of nitrogens with one attached hydrogen (secondary N) is 2. The molecule has 144 valence electrons. The molecule has 2 amide bonds. The number of hydrazone groups is 1. The molecule has 28 heavy (non-hydrogen) atoms. The predicted octanol–water partition coefficient (Wildman–Crippen LogP) is 4.35. The zero-order chi connectivity index (χ0) is 20.3. The van der Waals surface area contributed by atoms with Gasteiger partial charge in [0.05, 0.1) is 25.9 Å². The van der Waals surface area contributed by atoms with E-state index in [9.17, 15) is 14.7 Å². The van der Waals surface area contributed by atoms with Gasteiger partial charge in [0.25, 0.3) is 11.8 Å². The summed E-state index contributed by atoms with van der Waals surface area (Å²) in [4.78, 5) is 25.3. The number of halogens is 1. The van der Waals surface area contributed by atoms with Crippen molar-refractivity contribution in [3.8, 4) is 16.2 Å². The molecule has 6 nitrogen and oxygen atoms in total. The van der Waals surface area contributed by atoms with Crippen LogP contribution >= 0.6 is 34.3 Å². The summed E-state index contributed by atoms with van der Waals surface area (Å²) >= 11 is 8.35. The number of nitrogens with zero attached hydrogens (tertiary/aromatic N) is 1. The Bertz CT molecular complexity index is 1050. The number of hydrogen-bond donors (Lipinski definition) is 3. The number of carbonyl (C=O) groups excluding carboxylic acids is 2. The highest BCUT2D eigenvalue weighted by atomic mass is 35.5. The van der Waals surface area contributed by atoms with Crippen molar-refractivity contribution in [1.29, 1.82) is 0 Å². The van der Waals surface area contributed by atoms with Gasteiger partial charge in [-0.15, -0.1) is 22.7 Å². The lowest BCUT2D eigenvalue weighted by Gasteiger charge is -2.03. The first kappa shape index (κ1) is 20.1. The van der Waals surface area contributed by atoms with Crippen LogP contribution in [0.25, 0.3) is 10.4 Å². The maximum absolute atomic E-state index is 12.2. The van der Waals surface area contributed by atoms with E-state index in [1.165, 1.54) is 18.4 Å². The van der Waals surface area contributed by atoms with Gasteiger partial charge in [0.1, 0.15) is 5.75 Å². The molecule has 0 aliphatic heterocycles. The van der Waals surface area contributed by atoms with E-state index in [4.69, 9.17) is 11.6 Å². The van der Waals surface area contributed by atoms with Gasteiger partial charge in [0, 0.05) is 17.5 Å². The van der Waals surface area contributed by atoms with Crippen LogP contribution in [0.1, 0.15) is 31.8 Å². The third-order valence-corrected chi connectivity index (χ3v) is 6.22. The smallest absolute Gasteiger partial charge is 0.281 e. The number of thiophene rings is 2. The van der Waals surface area contributed by atoms with Crippen LogP contribution in [0.5, 0.6) is 5.75 Å². The van der Waals surface area contributed by atoms with E-state index < -0.39 is 5.91 Å². The molecule has 3 aromatic rings. The van der Waals surface area contributed by atoms with Crippen LogP contribution in [-0.4, -0.2) is 29.7 Å². The number of carbonyl (C=O) groups is 2. The second-order valence-corrected chi connectivity index (χ2v) is 8.12. The number of rotatable bonds is 5. The van der Waals surface area contributed by atoms with Gasteiger partial charge < -0.3 is 10.4 Å². The molecule has 1 aromatic carbocycles. The Morgan fingerprint density at radius 2 is 1.71 bits per heavy atom. The summed E-state index contributed by atoms with van der Waals surface area (Å²) < 4.78 is 0. The van der Waals surface area contributed by atoms with Crippen LogP contribution in [0.4, 0.5) is 0 Å². The highest BCUT2D eigenvalue weighted by molar-refractivity contribution is 7.16. The molecule has 0 unspecified atom stereocenters. The minimum absolute atomic E-state index is 0.0980. The summed E-state index contributed by atoms with van der Waals surface area (Å²) in [6, 6.07) is 10.3. The molecule has 0 atom stereocenters. The van der Waals surface area contributed by atoms with Crippen molar-refractivity contribution in [2.45, 2.75) is 6.92 Å². The molecule has 3 rings (SSSR count). The molecule has 0 fully saturated rings. The molecule has 0 spiro atoms. The summed E-state index contributed by atoms with van der Waals surface area (Å²) in [7, 11) is 1.53. The van der Waals surface area contributed by atoms with E-state index in [1.54, 1.807) is 36.6 Å². The third-order valence-electron chi connectivity index (χ3n) is 3.87. The van der Waals surface area contributed by atoms with E-state index in [0.29, 0.717) is 30.9 Å². The Balaban J connectivity index is 1.75. The minimum Gasteiger partial charge on any atom is -0.506 e. The van der Waals surface area contributed by atoms with Crippen LogP contribution < -0.4 is 10.7 Å². The standard InChI is InChI=1S/C19H16ClN3O3S2/c1-10(22-23-19(26)15-8-7-14(28-15)18(25)21-2)13-9-27-17(16(13)24)11-3-5-12(20)6-4-11/h3-9,24H,1-2H3,(H,21,25)(H,23,26)/b22-10+. The topological polar surface area (TPSA) is 90.8 Å². The van der Waals surface area contributed by atoms with E-state index >= 15 is 0 Å². The molecule has 0 bridgehead atoms. The number of aromatic hydroxyl groups is 1. The van der Waals surface area contributed by atoms with Gasteiger partial charge in [-0.1, -0.05) is 23.7 Å². The van der Waals surface area contributed by atoms with Crippen LogP contribution in [-0.2, 0) is 0 Å². The predicted molar refractivity (Wildman–Crippen MR) is 114 cm³/mol. The van der Waals surface area contributed by atoms with Crippen molar-refractivity contribution >= 4 is 51.8 Å². The SMILES string of the molecule is CNC(=O)c1ccc(C(=O)N/N=C(\C)c2csc(-c3ccc(Cl)cc3)c2O)s1. The van der Waals surface area contributed by atoms with Crippen LogP contribution in [0.3, 0.4) is 0 Å². The van der Waals surface area contributed by atoms with Gasteiger partial charge in [-0.25, -0.2) is 5.43 Å². The zero-order valence-corrected chi connectivity index (χ0v) is 17.3. The normalized spacial score (nSPS) is 11.3. The van der Waals surface area contributed by atoms with Crippen molar-refractivity contribution < 1.29 is 14.7 Å². The van der Waals surface area contributed by atoms with Gasteiger partial charge in [0.15, 0.2) is 0 Å². The molecule has 2 aromatic heterocycles. The molecule has 3 N–H and O–H groups in total.